The van der Waals surface area contributed by atoms with Crippen molar-refractivity contribution in [2.45, 2.75) is 13.1 Å². The summed E-state index contributed by atoms with van der Waals surface area (Å²) in [7, 11) is 0. The van der Waals surface area contributed by atoms with Gasteiger partial charge in [-0.15, -0.1) is 0 Å². The molecule has 1 aromatic rings. The van der Waals surface area contributed by atoms with Crippen LogP contribution in [0.25, 0.3) is 0 Å². The lowest BCUT2D eigenvalue weighted by atomic mass is 10.1. The van der Waals surface area contributed by atoms with E-state index in [9.17, 15) is 22.8 Å². The van der Waals surface area contributed by atoms with E-state index in [1.165, 1.54) is 11.0 Å². The van der Waals surface area contributed by atoms with E-state index in [1.807, 2.05) is 6.92 Å². The Morgan fingerprint density at radius 3 is 2.55 bits per heavy atom. The zero-order valence-corrected chi connectivity index (χ0v) is 12.5. The predicted octanol–water partition coefficient (Wildman–Crippen LogP) is 2.66. The summed E-state index contributed by atoms with van der Waals surface area (Å²) in [5.74, 6) is -0.898. The van der Waals surface area contributed by atoms with E-state index in [0.29, 0.717) is 13.1 Å². The van der Waals surface area contributed by atoms with Gasteiger partial charge in [0.2, 0.25) is 5.91 Å². The van der Waals surface area contributed by atoms with Gasteiger partial charge in [-0.1, -0.05) is 17.7 Å². The number of piperazine rings is 1. The molecule has 1 aliphatic rings. The molecule has 22 heavy (non-hydrogen) atoms. The van der Waals surface area contributed by atoms with Crippen molar-refractivity contribution in [3.63, 3.8) is 0 Å². The van der Waals surface area contributed by atoms with Gasteiger partial charge in [0.1, 0.15) is 6.54 Å². The van der Waals surface area contributed by atoms with Gasteiger partial charge in [0.25, 0.3) is 5.91 Å². The molecule has 1 fully saturated rings. The van der Waals surface area contributed by atoms with E-state index in [4.69, 9.17) is 11.6 Å². The van der Waals surface area contributed by atoms with Gasteiger partial charge in [0.15, 0.2) is 0 Å². The molecule has 1 aromatic carbocycles. The number of amides is 2. The summed E-state index contributed by atoms with van der Waals surface area (Å²) in [6.45, 7) is 2.83. The Labute approximate surface area is 130 Å². The van der Waals surface area contributed by atoms with Crippen molar-refractivity contribution >= 4 is 23.4 Å². The number of benzene rings is 1. The number of hydrogen-bond donors (Lipinski definition) is 0. The zero-order valence-electron chi connectivity index (χ0n) is 11.8. The first-order valence-corrected chi connectivity index (χ1v) is 7.06. The third-order valence-electron chi connectivity index (χ3n) is 3.52. The maximum atomic E-state index is 12.8. The van der Waals surface area contributed by atoms with Crippen LogP contribution in [-0.2, 0) is 11.0 Å². The largest absolute Gasteiger partial charge is 0.417 e. The first kappa shape index (κ1) is 16.6. The number of carbonyl (C=O) groups is 2. The zero-order chi connectivity index (χ0) is 16.5. The normalized spacial score (nSPS) is 16.1. The minimum Gasteiger partial charge on any atom is -0.340 e. The van der Waals surface area contributed by atoms with Crippen molar-refractivity contribution in [1.82, 2.24) is 9.80 Å². The number of rotatable bonds is 2. The average Bonchev–Trinajstić information content (AvgIpc) is 2.45. The second kappa shape index (κ2) is 6.16. The van der Waals surface area contributed by atoms with Gasteiger partial charge in [-0.05, 0) is 19.1 Å². The van der Waals surface area contributed by atoms with Gasteiger partial charge >= 0.3 is 6.18 Å². The van der Waals surface area contributed by atoms with E-state index in [1.54, 1.807) is 4.90 Å². The summed E-state index contributed by atoms with van der Waals surface area (Å²) in [6.07, 6.45) is -4.63. The summed E-state index contributed by atoms with van der Waals surface area (Å²) in [4.78, 5) is 26.9. The van der Waals surface area contributed by atoms with Gasteiger partial charge in [0, 0.05) is 19.6 Å². The molecule has 2 amide bonds. The van der Waals surface area contributed by atoms with Crippen LogP contribution in [-0.4, -0.2) is 47.8 Å². The van der Waals surface area contributed by atoms with Crippen LogP contribution in [0, 0.1) is 0 Å². The van der Waals surface area contributed by atoms with Gasteiger partial charge < -0.3 is 9.80 Å². The first-order chi connectivity index (χ1) is 10.3. The van der Waals surface area contributed by atoms with Crippen LogP contribution in [0.4, 0.5) is 13.2 Å². The molecule has 0 N–H and O–H groups in total. The van der Waals surface area contributed by atoms with Gasteiger partial charge in [0.05, 0.1) is 16.1 Å². The number of alkyl halides is 3. The van der Waals surface area contributed by atoms with Crippen molar-refractivity contribution in [2.24, 2.45) is 0 Å². The van der Waals surface area contributed by atoms with E-state index >= 15 is 0 Å². The highest BCUT2D eigenvalue weighted by Gasteiger charge is 2.36. The standard InChI is InChI=1S/C14H14ClF3N2O2/c1-2-19-6-7-20(8-11(19)21)13(22)9-4-3-5-10(12(9)15)14(16,17)18/h3-5H,2,6-8H2,1H3. The van der Waals surface area contributed by atoms with Crippen LogP contribution in [0.5, 0.6) is 0 Å². The minimum atomic E-state index is -4.63. The summed E-state index contributed by atoms with van der Waals surface area (Å²) in [6, 6.07) is 3.18. The Balaban J connectivity index is 2.26. The predicted molar refractivity (Wildman–Crippen MR) is 74.6 cm³/mol. The number of halogens is 4. The molecule has 1 saturated heterocycles. The lowest BCUT2D eigenvalue weighted by Crippen LogP contribution is -2.52. The molecule has 0 radical (unpaired) electrons. The first-order valence-electron chi connectivity index (χ1n) is 6.68. The molecule has 0 spiro atoms. The molecule has 1 heterocycles. The van der Waals surface area contributed by atoms with Gasteiger partial charge in [-0.25, -0.2) is 0 Å². The Hall–Kier alpha value is -1.76. The fourth-order valence-electron chi connectivity index (χ4n) is 2.30. The number of hydrogen-bond acceptors (Lipinski definition) is 2. The summed E-state index contributed by atoms with van der Waals surface area (Å²) >= 11 is 5.74. The molecule has 120 valence electrons. The molecular formula is C14H14ClF3N2O2. The fourth-order valence-corrected chi connectivity index (χ4v) is 2.62. The Bertz CT molecular complexity index is 604. The molecule has 0 unspecified atom stereocenters. The van der Waals surface area contributed by atoms with Gasteiger partial charge in [-0.2, -0.15) is 13.2 Å². The topological polar surface area (TPSA) is 40.6 Å². The molecule has 0 aromatic heterocycles. The smallest absolute Gasteiger partial charge is 0.340 e. The lowest BCUT2D eigenvalue weighted by molar-refractivity contribution is -0.137. The van der Waals surface area contributed by atoms with Crippen LogP contribution < -0.4 is 0 Å². The van der Waals surface area contributed by atoms with E-state index in [0.717, 1.165) is 12.1 Å². The van der Waals surface area contributed by atoms with Crippen molar-refractivity contribution in [3.05, 3.63) is 34.3 Å². The third-order valence-corrected chi connectivity index (χ3v) is 3.93. The van der Waals surface area contributed by atoms with E-state index in [2.05, 4.69) is 0 Å². The molecular weight excluding hydrogens is 321 g/mol. The SMILES string of the molecule is CCN1CCN(C(=O)c2cccc(C(F)(F)F)c2Cl)CC1=O. The minimum absolute atomic E-state index is 0.154. The Kier molecular flexibility index (Phi) is 4.65. The Morgan fingerprint density at radius 2 is 2.00 bits per heavy atom. The van der Waals surface area contributed by atoms with Crippen LogP contribution in [0.1, 0.15) is 22.8 Å². The van der Waals surface area contributed by atoms with Crippen LogP contribution in [0.3, 0.4) is 0 Å². The highest BCUT2D eigenvalue weighted by atomic mass is 35.5. The van der Waals surface area contributed by atoms with Crippen molar-refractivity contribution in [1.29, 1.82) is 0 Å². The molecule has 1 aliphatic heterocycles. The quantitative estimate of drug-likeness (QED) is 0.834. The van der Waals surface area contributed by atoms with Crippen LogP contribution in [0.15, 0.2) is 18.2 Å². The number of carbonyl (C=O) groups excluding carboxylic acids is 2. The third kappa shape index (κ3) is 3.19. The Morgan fingerprint density at radius 1 is 1.32 bits per heavy atom. The highest BCUT2D eigenvalue weighted by Crippen LogP contribution is 2.36. The summed E-state index contributed by atoms with van der Waals surface area (Å²) < 4.78 is 38.5. The lowest BCUT2D eigenvalue weighted by Gasteiger charge is -2.34. The molecule has 0 bridgehead atoms. The fraction of sp³-hybridized carbons (Fsp3) is 0.429. The van der Waals surface area contributed by atoms with Crippen LogP contribution in [0.2, 0.25) is 5.02 Å². The van der Waals surface area contributed by atoms with Crippen molar-refractivity contribution < 1.29 is 22.8 Å². The molecule has 0 saturated carbocycles. The van der Waals surface area contributed by atoms with Crippen LogP contribution >= 0.6 is 11.6 Å². The van der Waals surface area contributed by atoms with E-state index < -0.39 is 22.7 Å². The maximum absolute atomic E-state index is 12.8. The average molecular weight is 335 g/mol. The second-order valence-electron chi connectivity index (χ2n) is 4.86. The summed E-state index contributed by atoms with van der Waals surface area (Å²) in [5, 5.41) is -0.634. The molecule has 2 rings (SSSR count). The molecule has 8 heteroatoms. The monoisotopic (exact) mass is 334 g/mol. The van der Waals surface area contributed by atoms with Gasteiger partial charge in [-0.3, -0.25) is 9.59 Å². The summed E-state index contributed by atoms with van der Waals surface area (Å²) in [5.41, 5.74) is -1.30. The molecule has 0 aliphatic carbocycles. The number of likely N-dealkylation sites (N-methyl/N-ethyl adjacent to an activating group) is 1. The maximum Gasteiger partial charge on any atom is 0.417 e. The van der Waals surface area contributed by atoms with Crippen molar-refractivity contribution in [3.8, 4) is 0 Å². The highest BCUT2D eigenvalue weighted by molar-refractivity contribution is 6.34. The molecule has 4 nitrogen and oxygen atoms in total. The van der Waals surface area contributed by atoms with Crippen molar-refractivity contribution in [2.75, 3.05) is 26.2 Å². The number of nitrogens with zero attached hydrogens (tertiary/aromatic N) is 2. The molecule has 0 atom stereocenters. The van der Waals surface area contributed by atoms with E-state index in [-0.39, 0.29) is 24.6 Å². The second-order valence-corrected chi connectivity index (χ2v) is 5.24.